The number of hydrogen-bond donors (Lipinski definition) is 2. The highest BCUT2D eigenvalue weighted by Crippen LogP contribution is 2.34. The highest BCUT2D eigenvalue weighted by atomic mass is 32.2. The van der Waals surface area contributed by atoms with E-state index in [-0.39, 0.29) is 5.75 Å². The lowest BCUT2D eigenvalue weighted by molar-refractivity contribution is -0.139. The molecule has 1 unspecified atom stereocenters. The summed E-state index contributed by atoms with van der Waals surface area (Å²) in [5.74, 6) is 0.0691. The Morgan fingerprint density at radius 1 is 1.04 bits per heavy atom. The second kappa shape index (κ2) is 5.78. The molecule has 2 N–H and O–H groups in total. The van der Waals surface area contributed by atoms with Crippen LogP contribution < -0.4 is 4.72 Å². The summed E-state index contributed by atoms with van der Waals surface area (Å²) in [5.41, 5.74) is 0.460. The zero-order valence-electron chi connectivity index (χ0n) is 12.3. The molecule has 0 spiro atoms. The molecular formula is C16H14F3NO3S. The van der Waals surface area contributed by atoms with Crippen LogP contribution in [0.5, 0.6) is 5.75 Å². The van der Waals surface area contributed by atoms with Crippen molar-refractivity contribution in [2.75, 3.05) is 0 Å². The number of aromatic hydroxyl groups is 1. The molecule has 0 aliphatic heterocycles. The quantitative estimate of drug-likeness (QED) is 0.888. The second-order valence-electron chi connectivity index (χ2n) is 5.67. The highest BCUT2D eigenvalue weighted by Gasteiger charge is 2.38. The fourth-order valence-corrected chi connectivity index (χ4v) is 4.37. The Hall–Kier alpha value is -2.06. The van der Waals surface area contributed by atoms with E-state index < -0.39 is 32.7 Å². The van der Waals surface area contributed by atoms with Gasteiger partial charge in [-0.2, -0.15) is 13.2 Å². The summed E-state index contributed by atoms with van der Waals surface area (Å²) in [4.78, 5) is -0.781. The van der Waals surface area contributed by atoms with Gasteiger partial charge in [0.05, 0.1) is 10.5 Å². The Bertz CT molecular complexity index is 878. The van der Waals surface area contributed by atoms with Gasteiger partial charge in [0.15, 0.2) is 0 Å². The normalized spacial score (nSPS) is 17.7. The van der Waals surface area contributed by atoms with Gasteiger partial charge in [-0.25, -0.2) is 13.1 Å². The van der Waals surface area contributed by atoms with Crippen molar-refractivity contribution in [1.82, 2.24) is 4.72 Å². The SMILES string of the molecule is O=S(=O)(NC1Cc2ccc(O)cc2C1)c1ccccc1C(F)(F)F. The molecule has 128 valence electrons. The van der Waals surface area contributed by atoms with Crippen molar-refractivity contribution in [2.45, 2.75) is 30.0 Å². The minimum absolute atomic E-state index is 0.0691. The summed E-state index contributed by atoms with van der Waals surface area (Å²) >= 11 is 0. The molecule has 3 rings (SSSR count). The van der Waals surface area contributed by atoms with Crippen molar-refractivity contribution in [3.8, 4) is 5.75 Å². The van der Waals surface area contributed by atoms with Gasteiger partial charge >= 0.3 is 6.18 Å². The lowest BCUT2D eigenvalue weighted by atomic mass is 10.1. The van der Waals surface area contributed by atoms with E-state index in [1.54, 1.807) is 6.07 Å². The first-order valence-electron chi connectivity index (χ1n) is 7.16. The summed E-state index contributed by atoms with van der Waals surface area (Å²) in [6, 6.07) is 8.26. The molecule has 0 amide bonds. The predicted molar refractivity (Wildman–Crippen MR) is 81.1 cm³/mol. The first-order valence-corrected chi connectivity index (χ1v) is 8.64. The Morgan fingerprint density at radius 3 is 2.42 bits per heavy atom. The third-order valence-corrected chi connectivity index (χ3v) is 5.50. The molecule has 4 nitrogen and oxygen atoms in total. The Labute approximate surface area is 137 Å². The minimum atomic E-state index is -4.75. The molecule has 1 aliphatic rings. The fourth-order valence-electron chi connectivity index (χ4n) is 2.91. The number of benzene rings is 2. The number of sulfonamides is 1. The van der Waals surface area contributed by atoms with Crippen molar-refractivity contribution >= 4 is 10.0 Å². The summed E-state index contributed by atoms with van der Waals surface area (Å²) < 4.78 is 66.3. The maximum Gasteiger partial charge on any atom is 0.417 e. The lowest BCUT2D eigenvalue weighted by Gasteiger charge is -2.16. The van der Waals surface area contributed by atoms with Crippen molar-refractivity contribution in [3.05, 3.63) is 59.2 Å². The van der Waals surface area contributed by atoms with Gasteiger partial charge in [0, 0.05) is 6.04 Å². The second-order valence-corrected chi connectivity index (χ2v) is 7.36. The number of rotatable bonds is 3. The number of phenolic OH excluding ortho intramolecular Hbond substituents is 1. The van der Waals surface area contributed by atoms with E-state index in [2.05, 4.69) is 4.72 Å². The van der Waals surface area contributed by atoms with Crippen LogP contribution in [0.1, 0.15) is 16.7 Å². The van der Waals surface area contributed by atoms with Crippen molar-refractivity contribution < 1.29 is 26.7 Å². The zero-order chi connectivity index (χ0) is 17.5. The first-order chi connectivity index (χ1) is 11.2. The zero-order valence-corrected chi connectivity index (χ0v) is 13.2. The van der Waals surface area contributed by atoms with Gasteiger partial charge in [-0.05, 0) is 48.2 Å². The number of phenols is 1. The van der Waals surface area contributed by atoms with Crippen LogP contribution in [0.3, 0.4) is 0 Å². The third-order valence-electron chi connectivity index (χ3n) is 3.93. The molecule has 0 saturated heterocycles. The summed E-state index contributed by atoms with van der Waals surface area (Å²) in [6.45, 7) is 0. The van der Waals surface area contributed by atoms with Crippen LogP contribution in [0.4, 0.5) is 13.2 Å². The van der Waals surface area contributed by atoms with E-state index in [1.165, 1.54) is 18.2 Å². The molecule has 0 radical (unpaired) electrons. The van der Waals surface area contributed by atoms with Crippen molar-refractivity contribution in [3.63, 3.8) is 0 Å². The highest BCUT2D eigenvalue weighted by molar-refractivity contribution is 7.89. The molecule has 8 heteroatoms. The maximum absolute atomic E-state index is 13.0. The van der Waals surface area contributed by atoms with E-state index in [1.807, 2.05) is 0 Å². The third kappa shape index (κ3) is 3.25. The topological polar surface area (TPSA) is 66.4 Å². The standard InChI is InChI=1S/C16H14F3NO3S/c17-16(18,19)14-3-1-2-4-15(14)24(22,23)20-12-7-10-5-6-13(21)9-11(10)8-12/h1-6,9,12,20-21H,7-8H2. The minimum Gasteiger partial charge on any atom is -0.508 e. The van der Waals surface area contributed by atoms with Gasteiger partial charge in [0.25, 0.3) is 0 Å². The summed E-state index contributed by atoms with van der Waals surface area (Å²) in [7, 11) is -4.32. The average molecular weight is 357 g/mol. The van der Waals surface area contributed by atoms with Crippen LogP contribution in [0, 0.1) is 0 Å². The fraction of sp³-hybridized carbons (Fsp3) is 0.250. The number of alkyl halides is 3. The number of halogens is 3. The van der Waals surface area contributed by atoms with E-state index >= 15 is 0 Å². The van der Waals surface area contributed by atoms with Gasteiger partial charge < -0.3 is 5.11 Å². The molecular weight excluding hydrogens is 343 g/mol. The van der Waals surface area contributed by atoms with Gasteiger partial charge in [0.1, 0.15) is 5.75 Å². The van der Waals surface area contributed by atoms with Crippen molar-refractivity contribution in [2.24, 2.45) is 0 Å². The molecule has 24 heavy (non-hydrogen) atoms. The van der Waals surface area contributed by atoms with Crippen LogP contribution in [0.25, 0.3) is 0 Å². The van der Waals surface area contributed by atoms with Gasteiger partial charge in [-0.15, -0.1) is 0 Å². The largest absolute Gasteiger partial charge is 0.508 e. The molecule has 2 aromatic carbocycles. The average Bonchev–Trinajstić information content (AvgIpc) is 2.87. The van der Waals surface area contributed by atoms with Crippen LogP contribution >= 0.6 is 0 Å². The van der Waals surface area contributed by atoms with Crippen LogP contribution in [-0.4, -0.2) is 19.6 Å². The van der Waals surface area contributed by atoms with E-state index in [4.69, 9.17) is 0 Å². The first kappa shape index (κ1) is 16.8. The predicted octanol–water partition coefficient (Wildman–Crippen LogP) is 2.86. The molecule has 0 fully saturated rings. The van der Waals surface area contributed by atoms with Crippen LogP contribution in [0.2, 0.25) is 0 Å². The van der Waals surface area contributed by atoms with Crippen molar-refractivity contribution in [1.29, 1.82) is 0 Å². The van der Waals surface area contributed by atoms with E-state index in [0.717, 1.165) is 29.3 Å². The molecule has 0 saturated carbocycles. The maximum atomic E-state index is 13.0. The summed E-state index contributed by atoms with van der Waals surface area (Å²) in [5, 5.41) is 9.46. The Kier molecular flexibility index (Phi) is 4.05. The smallest absolute Gasteiger partial charge is 0.417 e. The van der Waals surface area contributed by atoms with Crippen LogP contribution in [0.15, 0.2) is 47.4 Å². The summed E-state index contributed by atoms with van der Waals surface area (Å²) in [6.07, 6.45) is -4.07. The lowest BCUT2D eigenvalue weighted by Crippen LogP contribution is -2.36. The monoisotopic (exact) mass is 357 g/mol. The number of fused-ring (bicyclic) bond motifs is 1. The van der Waals surface area contributed by atoms with Gasteiger partial charge in [0.2, 0.25) is 10.0 Å². The molecule has 2 aromatic rings. The van der Waals surface area contributed by atoms with E-state index in [9.17, 15) is 26.7 Å². The van der Waals surface area contributed by atoms with E-state index in [0.29, 0.717) is 12.8 Å². The Morgan fingerprint density at radius 2 is 1.71 bits per heavy atom. The van der Waals surface area contributed by atoms with Gasteiger partial charge in [-0.3, -0.25) is 0 Å². The Balaban J connectivity index is 1.87. The van der Waals surface area contributed by atoms with Crippen LogP contribution in [-0.2, 0) is 29.0 Å². The molecule has 0 aromatic heterocycles. The van der Waals surface area contributed by atoms with Gasteiger partial charge in [-0.1, -0.05) is 18.2 Å². The molecule has 0 bridgehead atoms. The number of nitrogens with one attached hydrogen (secondary N) is 1. The molecule has 1 aliphatic carbocycles. The molecule has 1 atom stereocenters. The molecule has 0 heterocycles. The number of hydrogen-bond acceptors (Lipinski definition) is 3.